The monoisotopic (exact) mass is 501 g/mol. The summed E-state index contributed by atoms with van der Waals surface area (Å²) in [6.07, 6.45) is 4.29. The number of fused-ring (bicyclic) bond motifs is 2. The lowest BCUT2D eigenvalue weighted by molar-refractivity contribution is -0.129. The molecule has 5 rings (SSSR count). The Morgan fingerprint density at radius 1 is 1.03 bits per heavy atom. The Morgan fingerprint density at radius 3 is 2.62 bits per heavy atom. The van der Waals surface area contributed by atoms with Gasteiger partial charge in [0.25, 0.3) is 5.91 Å². The quantitative estimate of drug-likeness (QED) is 0.683. The zero-order valence-corrected chi connectivity index (χ0v) is 20.6. The van der Waals surface area contributed by atoms with E-state index in [0.717, 1.165) is 57.7 Å². The van der Waals surface area contributed by atoms with Crippen LogP contribution in [-0.4, -0.2) is 67.0 Å². The Balaban J connectivity index is 1.12. The highest BCUT2D eigenvalue weighted by molar-refractivity contribution is 6.42. The number of hydrogen-bond donors (Lipinski definition) is 1. The van der Waals surface area contributed by atoms with Crippen molar-refractivity contribution in [3.05, 3.63) is 63.6 Å². The minimum Gasteiger partial charge on any atom is -0.493 e. The molecule has 3 aliphatic heterocycles. The summed E-state index contributed by atoms with van der Waals surface area (Å²) in [5.41, 5.74) is 1.97. The number of hydrogen-bond acceptors (Lipinski definition) is 4. The second-order valence-corrected chi connectivity index (χ2v) is 10.3. The molecule has 1 atom stereocenters. The summed E-state index contributed by atoms with van der Waals surface area (Å²) in [7, 11) is 0. The fraction of sp³-hybridized carbons (Fsp3) is 0.462. The first-order chi connectivity index (χ1) is 16.4. The first kappa shape index (κ1) is 23.5. The molecule has 6 nitrogen and oxygen atoms in total. The fourth-order valence-electron chi connectivity index (χ4n) is 5.63. The lowest BCUT2D eigenvalue weighted by Gasteiger charge is -2.46. The van der Waals surface area contributed by atoms with Crippen LogP contribution < -0.4 is 10.1 Å². The predicted molar refractivity (Wildman–Crippen MR) is 133 cm³/mol. The molecule has 2 aromatic carbocycles. The summed E-state index contributed by atoms with van der Waals surface area (Å²) < 4.78 is 5.90. The molecule has 3 heterocycles. The molecule has 2 saturated heterocycles. The normalized spacial score (nSPS) is 21.7. The third-order valence-electron chi connectivity index (χ3n) is 7.67. The van der Waals surface area contributed by atoms with Gasteiger partial charge in [-0.15, -0.1) is 0 Å². The summed E-state index contributed by atoms with van der Waals surface area (Å²) >= 11 is 11.9. The molecule has 0 bridgehead atoms. The number of rotatable bonds is 4. The lowest BCUT2D eigenvalue weighted by Crippen LogP contribution is -2.49. The SMILES string of the molecule is O=C(NCC(=O)N1CCC(N2CCC3(CCOc4ccccc43)CC2)C1)c1ccc(Cl)c(Cl)c1. The summed E-state index contributed by atoms with van der Waals surface area (Å²) in [4.78, 5) is 29.5. The van der Waals surface area contributed by atoms with Gasteiger partial charge in [-0.2, -0.15) is 0 Å². The largest absolute Gasteiger partial charge is 0.493 e. The third-order valence-corrected chi connectivity index (χ3v) is 8.41. The number of benzene rings is 2. The van der Waals surface area contributed by atoms with Crippen molar-refractivity contribution in [2.45, 2.75) is 37.1 Å². The van der Waals surface area contributed by atoms with Crippen LogP contribution in [0, 0.1) is 0 Å². The molecule has 0 aromatic heterocycles. The number of amides is 2. The van der Waals surface area contributed by atoms with Gasteiger partial charge in [-0.25, -0.2) is 0 Å². The standard InChI is InChI=1S/C26H29Cl2N3O3/c27-21-6-5-18(15-22(21)28)25(33)29-16-24(32)31-11-7-19(17-31)30-12-8-26(9-13-30)10-14-34-23-4-2-1-3-20(23)26/h1-6,15,19H,7-14,16-17H2,(H,29,33). The van der Waals surface area contributed by atoms with Crippen LogP contribution in [0.1, 0.15) is 41.6 Å². The van der Waals surface area contributed by atoms with Gasteiger partial charge in [0, 0.05) is 35.7 Å². The molecule has 1 unspecified atom stereocenters. The van der Waals surface area contributed by atoms with Crippen LogP contribution in [0.2, 0.25) is 10.0 Å². The molecule has 1 spiro atoms. The van der Waals surface area contributed by atoms with Crippen molar-refractivity contribution in [1.82, 2.24) is 15.1 Å². The van der Waals surface area contributed by atoms with Crippen molar-refractivity contribution >= 4 is 35.0 Å². The van der Waals surface area contributed by atoms with E-state index in [4.69, 9.17) is 27.9 Å². The van der Waals surface area contributed by atoms with E-state index in [1.165, 1.54) is 11.6 Å². The minimum absolute atomic E-state index is 0.0221. The third kappa shape index (κ3) is 4.64. The van der Waals surface area contributed by atoms with Crippen molar-refractivity contribution in [1.29, 1.82) is 0 Å². The van der Waals surface area contributed by atoms with Gasteiger partial charge in [-0.05, 0) is 63.0 Å². The van der Waals surface area contributed by atoms with Gasteiger partial charge in [0.15, 0.2) is 0 Å². The number of para-hydroxylation sites is 1. The van der Waals surface area contributed by atoms with E-state index in [-0.39, 0.29) is 23.8 Å². The van der Waals surface area contributed by atoms with Crippen molar-refractivity contribution in [2.75, 3.05) is 39.3 Å². The molecule has 1 N–H and O–H groups in total. The summed E-state index contributed by atoms with van der Waals surface area (Å²) in [5, 5.41) is 3.41. The first-order valence-electron chi connectivity index (χ1n) is 11.9. The van der Waals surface area contributed by atoms with Crippen molar-refractivity contribution in [3.8, 4) is 5.75 Å². The van der Waals surface area contributed by atoms with Crippen LogP contribution in [-0.2, 0) is 10.2 Å². The molecule has 0 saturated carbocycles. The van der Waals surface area contributed by atoms with Crippen LogP contribution in [0.15, 0.2) is 42.5 Å². The van der Waals surface area contributed by atoms with Crippen molar-refractivity contribution < 1.29 is 14.3 Å². The van der Waals surface area contributed by atoms with E-state index in [9.17, 15) is 9.59 Å². The van der Waals surface area contributed by atoms with Gasteiger partial charge < -0.3 is 15.0 Å². The van der Waals surface area contributed by atoms with Crippen LogP contribution in [0.4, 0.5) is 0 Å². The maximum absolute atomic E-state index is 12.7. The minimum atomic E-state index is -0.333. The fourth-order valence-corrected chi connectivity index (χ4v) is 5.93. The number of nitrogens with one attached hydrogen (secondary N) is 1. The molecule has 34 heavy (non-hydrogen) atoms. The smallest absolute Gasteiger partial charge is 0.251 e. The number of halogens is 2. The second-order valence-electron chi connectivity index (χ2n) is 9.50. The Morgan fingerprint density at radius 2 is 1.82 bits per heavy atom. The van der Waals surface area contributed by atoms with E-state index in [1.807, 2.05) is 11.0 Å². The van der Waals surface area contributed by atoms with E-state index in [0.29, 0.717) is 28.2 Å². The predicted octanol–water partition coefficient (Wildman–Crippen LogP) is 4.14. The molecule has 2 amide bonds. The molecule has 2 fully saturated rings. The van der Waals surface area contributed by atoms with Gasteiger partial charge in [-0.3, -0.25) is 14.5 Å². The highest BCUT2D eigenvalue weighted by Gasteiger charge is 2.42. The zero-order chi connectivity index (χ0) is 23.7. The van der Waals surface area contributed by atoms with E-state index in [1.54, 1.807) is 12.1 Å². The summed E-state index contributed by atoms with van der Waals surface area (Å²) in [5.74, 6) is 0.659. The van der Waals surface area contributed by atoms with Crippen molar-refractivity contribution in [2.24, 2.45) is 0 Å². The Kier molecular flexibility index (Phi) is 6.74. The van der Waals surface area contributed by atoms with Crippen LogP contribution >= 0.6 is 23.2 Å². The van der Waals surface area contributed by atoms with Crippen LogP contribution in [0.5, 0.6) is 5.75 Å². The molecule has 180 valence electrons. The maximum atomic E-state index is 12.7. The number of ether oxygens (including phenoxy) is 1. The number of nitrogens with zero attached hydrogens (tertiary/aromatic N) is 2. The summed E-state index contributed by atoms with van der Waals surface area (Å²) in [6, 6.07) is 13.5. The Labute approximate surface area is 210 Å². The van der Waals surface area contributed by atoms with Crippen molar-refractivity contribution in [3.63, 3.8) is 0 Å². The molecule has 2 aromatic rings. The molecule has 3 aliphatic rings. The Bertz CT molecular complexity index is 1080. The zero-order valence-electron chi connectivity index (χ0n) is 19.1. The lowest BCUT2D eigenvalue weighted by atomic mass is 9.69. The number of carbonyl (C=O) groups is 2. The Hall–Kier alpha value is -2.28. The average Bonchev–Trinajstić information content (AvgIpc) is 3.35. The number of carbonyl (C=O) groups excluding carboxylic acids is 2. The number of likely N-dealkylation sites (tertiary alicyclic amines) is 2. The van der Waals surface area contributed by atoms with Gasteiger partial charge in [0.05, 0.1) is 23.2 Å². The van der Waals surface area contributed by atoms with Crippen LogP contribution in [0.3, 0.4) is 0 Å². The topological polar surface area (TPSA) is 61.9 Å². The summed E-state index contributed by atoms with van der Waals surface area (Å²) in [6.45, 7) is 4.28. The molecular formula is C26H29Cl2N3O3. The average molecular weight is 502 g/mol. The first-order valence-corrected chi connectivity index (χ1v) is 12.7. The molecule has 0 radical (unpaired) electrons. The van der Waals surface area contributed by atoms with Gasteiger partial charge in [0.2, 0.25) is 5.91 Å². The highest BCUT2D eigenvalue weighted by Crippen LogP contribution is 2.46. The maximum Gasteiger partial charge on any atom is 0.251 e. The number of piperidine rings is 1. The molecule has 0 aliphatic carbocycles. The van der Waals surface area contributed by atoms with Crippen LogP contribution in [0.25, 0.3) is 0 Å². The van der Waals surface area contributed by atoms with Gasteiger partial charge >= 0.3 is 0 Å². The molecule has 8 heteroatoms. The highest BCUT2D eigenvalue weighted by atomic mass is 35.5. The van der Waals surface area contributed by atoms with Gasteiger partial charge in [-0.1, -0.05) is 41.4 Å². The van der Waals surface area contributed by atoms with E-state index >= 15 is 0 Å². The van der Waals surface area contributed by atoms with E-state index in [2.05, 4.69) is 28.4 Å². The van der Waals surface area contributed by atoms with E-state index < -0.39 is 0 Å². The molecular weight excluding hydrogens is 473 g/mol. The van der Waals surface area contributed by atoms with Gasteiger partial charge in [0.1, 0.15) is 5.75 Å². The second kappa shape index (κ2) is 9.76.